The predicted octanol–water partition coefficient (Wildman–Crippen LogP) is 4.11. The number of piperidine rings is 1. The fourth-order valence-corrected chi connectivity index (χ4v) is 4.65. The highest BCUT2D eigenvalue weighted by molar-refractivity contribution is 5.94. The summed E-state index contributed by atoms with van der Waals surface area (Å²) in [5.41, 5.74) is 1.31. The number of ether oxygens (including phenoxy) is 1. The lowest BCUT2D eigenvalue weighted by molar-refractivity contribution is -0.128. The Morgan fingerprint density at radius 3 is 2.55 bits per heavy atom. The van der Waals surface area contributed by atoms with Gasteiger partial charge < -0.3 is 9.64 Å². The van der Waals surface area contributed by atoms with Gasteiger partial charge in [-0.1, -0.05) is 42.5 Å². The third kappa shape index (κ3) is 4.51. The van der Waals surface area contributed by atoms with E-state index in [0.717, 1.165) is 38.8 Å². The highest BCUT2D eigenvalue weighted by Gasteiger charge is 2.42. The Hall–Kier alpha value is -2.24. The van der Waals surface area contributed by atoms with Crippen LogP contribution in [0.1, 0.15) is 41.6 Å². The van der Waals surface area contributed by atoms with Gasteiger partial charge in [-0.3, -0.25) is 9.69 Å². The SMILES string of the molecule is CN(Cc1ccccc1)C1CCOC2(CCN(C(=O)c3ccccc3F)CC2)C1. The van der Waals surface area contributed by atoms with Gasteiger partial charge in [0.15, 0.2) is 0 Å². The average Bonchev–Trinajstić information content (AvgIpc) is 2.75. The van der Waals surface area contributed by atoms with Crippen molar-refractivity contribution in [1.29, 1.82) is 0 Å². The second kappa shape index (κ2) is 8.64. The molecule has 2 fully saturated rings. The molecule has 0 aliphatic carbocycles. The molecule has 0 N–H and O–H groups in total. The van der Waals surface area contributed by atoms with E-state index < -0.39 is 5.82 Å². The van der Waals surface area contributed by atoms with Gasteiger partial charge in [0, 0.05) is 32.3 Å². The molecule has 1 unspecified atom stereocenters. The number of rotatable bonds is 4. The van der Waals surface area contributed by atoms with Gasteiger partial charge in [0.2, 0.25) is 0 Å². The summed E-state index contributed by atoms with van der Waals surface area (Å²) in [6.07, 6.45) is 3.63. The molecular formula is C24H29FN2O2. The fourth-order valence-electron chi connectivity index (χ4n) is 4.65. The summed E-state index contributed by atoms with van der Waals surface area (Å²) in [5, 5.41) is 0. The summed E-state index contributed by atoms with van der Waals surface area (Å²) in [5.74, 6) is -0.666. The van der Waals surface area contributed by atoms with E-state index in [9.17, 15) is 9.18 Å². The molecule has 1 spiro atoms. The lowest BCUT2D eigenvalue weighted by atomic mass is 9.81. The molecule has 2 aliphatic rings. The highest BCUT2D eigenvalue weighted by atomic mass is 19.1. The number of benzene rings is 2. The average molecular weight is 397 g/mol. The lowest BCUT2D eigenvalue weighted by Crippen LogP contribution is -2.54. The second-order valence-electron chi connectivity index (χ2n) is 8.35. The number of hydrogen-bond acceptors (Lipinski definition) is 3. The van der Waals surface area contributed by atoms with E-state index >= 15 is 0 Å². The number of likely N-dealkylation sites (tertiary alicyclic amines) is 1. The fraction of sp³-hybridized carbons (Fsp3) is 0.458. The van der Waals surface area contributed by atoms with Crippen molar-refractivity contribution in [3.8, 4) is 0 Å². The first kappa shape index (κ1) is 20.0. The highest BCUT2D eigenvalue weighted by Crippen LogP contribution is 2.37. The molecule has 0 saturated carbocycles. The van der Waals surface area contributed by atoms with E-state index in [1.54, 1.807) is 23.1 Å². The van der Waals surface area contributed by atoms with Crippen LogP contribution in [0.25, 0.3) is 0 Å². The summed E-state index contributed by atoms with van der Waals surface area (Å²) >= 11 is 0. The molecule has 2 heterocycles. The molecular weight excluding hydrogens is 367 g/mol. The largest absolute Gasteiger partial charge is 0.375 e. The summed E-state index contributed by atoms with van der Waals surface area (Å²) in [7, 11) is 2.19. The Kier molecular flexibility index (Phi) is 5.97. The van der Waals surface area contributed by atoms with Gasteiger partial charge in [-0.2, -0.15) is 0 Å². The van der Waals surface area contributed by atoms with Crippen molar-refractivity contribution < 1.29 is 13.9 Å². The Morgan fingerprint density at radius 2 is 1.83 bits per heavy atom. The molecule has 2 aliphatic heterocycles. The van der Waals surface area contributed by atoms with Crippen LogP contribution in [-0.4, -0.2) is 54.1 Å². The minimum Gasteiger partial charge on any atom is -0.375 e. The molecule has 5 heteroatoms. The Balaban J connectivity index is 1.36. The van der Waals surface area contributed by atoms with Crippen LogP contribution in [0, 0.1) is 5.82 Å². The molecule has 0 bridgehead atoms. The molecule has 2 aromatic rings. The van der Waals surface area contributed by atoms with Crippen molar-refractivity contribution in [2.45, 2.75) is 43.9 Å². The Bertz CT molecular complexity index is 834. The standard InChI is InChI=1S/C24H29FN2O2/c1-26(18-19-7-3-2-4-8-19)20-11-16-29-24(17-20)12-14-27(15-13-24)23(28)21-9-5-6-10-22(21)25/h2-10,20H,11-18H2,1H3. The van der Waals surface area contributed by atoms with Crippen molar-refractivity contribution >= 4 is 5.91 Å². The second-order valence-corrected chi connectivity index (χ2v) is 8.35. The van der Waals surface area contributed by atoms with Gasteiger partial charge in [0.05, 0.1) is 11.2 Å². The first-order chi connectivity index (χ1) is 14.1. The molecule has 154 valence electrons. The third-order valence-electron chi connectivity index (χ3n) is 6.43. The molecule has 4 nitrogen and oxygen atoms in total. The number of amides is 1. The maximum absolute atomic E-state index is 14.0. The van der Waals surface area contributed by atoms with Crippen LogP contribution in [0.4, 0.5) is 4.39 Å². The predicted molar refractivity (Wildman–Crippen MR) is 111 cm³/mol. The minimum atomic E-state index is -0.450. The summed E-state index contributed by atoms with van der Waals surface area (Å²) in [6, 6.07) is 17.2. The molecule has 29 heavy (non-hydrogen) atoms. The number of carbonyl (C=O) groups excluding carboxylic acids is 1. The molecule has 4 rings (SSSR count). The molecule has 1 atom stereocenters. The van der Waals surface area contributed by atoms with E-state index in [1.165, 1.54) is 11.6 Å². The van der Waals surface area contributed by atoms with Crippen molar-refractivity contribution in [1.82, 2.24) is 9.80 Å². The molecule has 0 radical (unpaired) electrons. The van der Waals surface area contributed by atoms with Crippen molar-refractivity contribution in [2.75, 3.05) is 26.7 Å². The maximum Gasteiger partial charge on any atom is 0.256 e. The van der Waals surface area contributed by atoms with Crippen LogP contribution in [0.2, 0.25) is 0 Å². The van der Waals surface area contributed by atoms with E-state index in [4.69, 9.17) is 4.74 Å². The van der Waals surface area contributed by atoms with Crippen molar-refractivity contribution in [2.24, 2.45) is 0 Å². The summed E-state index contributed by atoms with van der Waals surface area (Å²) in [6.45, 7) is 2.91. The van der Waals surface area contributed by atoms with Gasteiger partial charge >= 0.3 is 0 Å². The van der Waals surface area contributed by atoms with Crippen LogP contribution < -0.4 is 0 Å². The number of nitrogens with zero attached hydrogens (tertiary/aromatic N) is 2. The van der Waals surface area contributed by atoms with Gasteiger partial charge in [-0.25, -0.2) is 4.39 Å². The van der Waals surface area contributed by atoms with Crippen LogP contribution in [0.15, 0.2) is 54.6 Å². The van der Waals surface area contributed by atoms with Gasteiger partial charge in [-0.05, 0) is 50.4 Å². The maximum atomic E-state index is 14.0. The molecule has 0 aromatic heterocycles. The first-order valence-electron chi connectivity index (χ1n) is 10.5. The smallest absolute Gasteiger partial charge is 0.256 e. The van der Waals surface area contributed by atoms with Crippen LogP contribution in [0.5, 0.6) is 0 Å². The zero-order chi connectivity index (χ0) is 20.3. The van der Waals surface area contributed by atoms with Gasteiger partial charge in [-0.15, -0.1) is 0 Å². The quantitative estimate of drug-likeness (QED) is 0.780. The normalized spacial score (nSPS) is 21.5. The lowest BCUT2D eigenvalue weighted by Gasteiger charge is -2.48. The van der Waals surface area contributed by atoms with Crippen LogP contribution in [-0.2, 0) is 11.3 Å². The minimum absolute atomic E-state index is 0.161. The Labute approximate surface area is 172 Å². The van der Waals surface area contributed by atoms with E-state index in [0.29, 0.717) is 19.1 Å². The van der Waals surface area contributed by atoms with Crippen molar-refractivity contribution in [3.05, 3.63) is 71.5 Å². The molecule has 1 amide bonds. The zero-order valence-electron chi connectivity index (χ0n) is 17.0. The number of halogens is 1. The summed E-state index contributed by atoms with van der Waals surface area (Å²) < 4.78 is 20.2. The van der Waals surface area contributed by atoms with E-state index in [2.05, 4.69) is 36.2 Å². The van der Waals surface area contributed by atoms with Crippen LogP contribution >= 0.6 is 0 Å². The van der Waals surface area contributed by atoms with Crippen LogP contribution in [0.3, 0.4) is 0 Å². The molecule has 2 aromatic carbocycles. The van der Waals surface area contributed by atoms with Gasteiger partial charge in [0.1, 0.15) is 5.82 Å². The topological polar surface area (TPSA) is 32.8 Å². The number of carbonyl (C=O) groups is 1. The first-order valence-corrected chi connectivity index (χ1v) is 10.5. The molecule has 2 saturated heterocycles. The van der Waals surface area contributed by atoms with Crippen molar-refractivity contribution in [3.63, 3.8) is 0 Å². The number of hydrogen-bond donors (Lipinski definition) is 0. The Morgan fingerprint density at radius 1 is 1.14 bits per heavy atom. The summed E-state index contributed by atoms with van der Waals surface area (Å²) in [4.78, 5) is 16.9. The van der Waals surface area contributed by atoms with E-state index in [-0.39, 0.29) is 17.1 Å². The monoisotopic (exact) mass is 396 g/mol. The van der Waals surface area contributed by atoms with E-state index in [1.807, 2.05) is 6.07 Å². The zero-order valence-corrected chi connectivity index (χ0v) is 17.0. The third-order valence-corrected chi connectivity index (χ3v) is 6.43. The van der Waals surface area contributed by atoms with Gasteiger partial charge in [0.25, 0.3) is 5.91 Å².